The van der Waals surface area contributed by atoms with Gasteiger partial charge in [0.05, 0.1) is 5.25 Å². The first-order valence-electron chi connectivity index (χ1n) is 4.68. The molecule has 3 nitrogen and oxygen atoms in total. The van der Waals surface area contributed by atoms with E-state index in [1.165, 1.54) is 4.31 Å². The van der Waals surface area contributed by atoms with Crippen LogP contribution in [0.25, 0.3) is 0 Å². The Balaban J connectivity index is 2.86. The van der Waals surface area contributed by atoms with Crippen LogP contribution in [0.3, 0.4) is 0 Å². The van der Waals surface area contributed by atoms with Crippen molar-refractivity contribution >= 4 is 21.6 Å². The molecule has 0 spiro atoms. The van der Waals surface area contributed by atoms with Crippen LogP contribution < -0.4 is 0 Å². The molecule has 0 fully saturated rings. The van der Waals surface area contributed by atoms with Crippen molar-refractivity contribution in [2.24, 2.45) is 0 Å². The first-order valence-corrected chi connectivity index (χ1v) is 6.57. The zero-order chi connectivity index (χ0) is 10.9. The van der Waals surface area contributed by atoms with Crippen LogP contribution in [0.15, 0.2) is 10.6 Å². The Kier molecular flexibility index (Phi) is 3.61. The van der Waals surface area contributed by atoms with Crippen LogP contribution in [0, 0.1) is 0 Å². The van der Waals surface area contributed by atoms with Crippen LogP contribution in [0.5, 0.6) is 0 Å². The van der Waals surface area contributed by atoms with Crippen molar-refractivity contribution in [1.29, 1.82) is 0 Å². The molecular formula is C9H16ClNO2S. The molecule has 0 aromatic heterocycles. The Hall–Kier alpha value is -0.0600. The lowest BCUT2D eigenvalue weighted by molar-refractivity contribution is 0.420. The van der Waals surface area contributed by atoms with Crippen LogP contribution >= 0.6 is 11.6 Å². The Morgan fingerprint density at radius 2 is 2.00 bits per heavy atom. The molecule has 0 amide bonds. The highest BCUT2D eigenvalue weighted by atomic mass is 35.5. The van der Waals surface area contributed by atoms with Crippen LogP contribution in [0.1, 0.15) is 27.2 Å². The van der Waals surface area contributed by atoms with E-state index >= 15 is 0 Å². The van der Waals surface area contributed by atoms with Gasteiger partial charge in [0, 0.05) is 18.1 Å². The highest BCUT2D eigenvalue weighted by molar-refractivity contribution is 7.89. The van der Waals surface area contributed by atoms with E-state index in [4.69, 9.17) is 11.6 Å². The van der Waals surface area contributed by atoms with E-state index in [-0.39, 0.29) is 5.25 Å². The van der Waals surface area contributed by atoms with Gasteiger partial charge in [0.25, 0.3) is 0 Å². The van der Waals surface area contributed by atoms with E-state index < -0.39 is 10.0 Å². The summed E-state index contributed by atoms with van der Waals surface area (Å²) < 4.78 is 25.1. The maximum absolute atomic E-state index is 11.8. The van der Waals surface area contributed by atoms with E-state index in [2.05, 4.69) is 0 Å². The average Bonchev–Trinajstić information content (AvgIpc) is 2.09. The molecule has 0 saturated carbocycles. The Morgan fingerprint density at radius 1 is 1.43 bits per heavy atom. The van der Waals surface area contributed by atoms with E-state index in [1.807, 2.05) is 6.92 Å². The predicted octanol–water partition coefficient (Wildman–Crippen LogP) is 1.94. The molecule has 1 aliphatic rings. The quantitative estimate of drug-likeness (QED) is 0.736. The number of sulfonamides is 1. The van der Waals surface area contributed by atoms with Gasteiger partial charge in [-0.1, -0.05) is 11.6 Å². The zero-order valence-electron chi connectivity index (χ0n) is 8.75. The Bertz CT molecular complexity index is 346. The maximum Gasteiger partial charge on any atom is 0.216 e. The lowest BCUT2D eigenvalue weighted by Crippen LogP contribution is -2.40. The molecule has 0 saturated heterocycles. The van der Waals surface area contributed by atoms with E-state index in [0.717, 1.165) is 10.6 Å². The van der Waals surface area contributed by atoms with Gasteiger partial charge in [-0.3, -0.25) is 0 Å². The topological polar surface area (TPSA) is 37.4 Å². The fourth-order valence-corrected chi connectivity index (χ4v) is 2.84. The summed E-state index contributed by atoms with van der Waals surface area (Å²) in [6.45, 7) is 6.23. The van der Waals surface area contributed by atoms with Crippen LogP contribution in [-0.2, 0) is 10.0 Å². The number of nitrogens with zero attached hydrogens (tertiary/aromatic N) is 1. The molecule has 0 unspecified atom stereocenters. The molecule has 0 aliphatic carbocycles. The molecule has 1 rings (SSSR count). The fourth-order valence-electron chi connectivity index (χ4n) is 1.38. The first-order chi connectivity index (χ1) is 6.35. The summed E-state index contributed by atoms with van der Waals surface area (Å²) in [7, 11) is -3.12. The van der Waals surface area contributed by atoms with Crippen molar-refractivity contribution in [2.45, 2.75) is 32.4 Å². The summed E-state index contributed by atoms with van der Waals surface area (Å²) in [4.78, 5) is 0. The van der Waals surface area contributed by atoms with Crippen LogP contribution in [0.4, 0.5) is 0 Å². The van der Waals surface area contributed by atoms with Crippen LogP contribution in [-0.4, -0.2) is 31.1 Å². The molecule has 1 aliphatic heterocycles. The van der Waals surface area contributed by atoms with Gasteiger partial charge in [-0.25, -0.2) is 8.42 Å². The van der Waals surface area contributed by atoms with Gasteiger partial charge in [-0.2, -0.15) is 4.31 Å². The third kappa shape index (κ3) is 2.30. The van der Waals surface area contributed by atoms with Crippen molar-refractivity contribution in [1.82, 2.24) is 4.31 Å². The van der Waals surface area contributed by atoms with Crippen molar-refractivity contribution in [3.63, 3.8) is 0 Å². The smallest absolute Gasteiger partial charge is 0.212 e. The molecule has 14 heavy (non-hydrogen) atoms. The van der Waals surface area contributed by atoms with Crippen molar-refractivity contribution in [3.05, 3.63) is 10.6 Å². The molecule has 0 aromatic rings. The van der Waals surface area contributed by atoms with Gasteiger partial charge < -0.3 is 0 Å². The third-order valence-corrected chi connectivity index (χ3v) is 5.15. The highest BCUT2D eigenvalue weighted by Gasteiger charge is 2.28. The van der Waals surface area contributed by atoms with Gasteiger partial charge >= 0.3 is 0 Å². The fraction of sp³-hybridized carbons (Fsp3) is 0.778. The van der Waals surface area contributed by atoms with Crippen molar-refractivity contribution in [3.8, 4) is 0 Å². The summed E-state index contributed by atoms with van der Waals surface area (Å²) >= 11 is 5.92. The number of hydrogen-bond acceptors (Lipinski definition) is 2. The molecule has 0 radical (unpaired) electrons. The summed E-state index contributed by atoms with van der Waals surface area (Å²) in [5.41, 5.74) is 0.960. The van der Waals surface area contributed by atoms with Crippen molar-refractivity contribution < 1.29 is 8.42 Å². The maximum atomic E-state index is 11.8. The minimum atomic E-state index is -3.12. The second-order valence-electron chi connectivity index (χ2n) is 3.86. The third-order valence-electron chi connectivity index (χ3n) is 2.41. The molecule has 5 heteroatoms. The van der Waals surface area contributed by atoms with Gasteiger partial charge in [0.2, 0.25) is 10.0 Å². The average molecular weight is 238 g/mol. The lowest BCUT2D eigenvalue weighted by Gasteiger charge is -2.28. The monoisotopic (exact) mass is 237 g/mol. The normalized spacial score (nSPS) is 20.6. The van der Waals surface area contributed by atoms with Gasteiger partial charge in [0.1, 0.15) is 0 Å². The number of halogens is 1. The summed E-state index contributed by atoms with van der Waals surface area (Å²) in [6.07, 6.45) is 0.638. The molecule has 1 heterocycles. The van der Waals surface area contributed by atoms with Gasteiger partial charge in [0.15, 0.2) is 0 Å². The molecule has 0 bridgehead atoms. The first kappa shape index (κ1) is 12.0. The van der Waals surface area contributed by atoms with Gasteiger partial charge in [-0.15, -0.1) is 0 Å². The highest BCUT2D eigenvalue weighted by Crippen LogP contribution is 2.23. The molecule has 0 aromatic carbocycles. The molecule has 0 atom stereocenters. The molecule has 82 valence electrons. The Labute approximate surface area is 90.8 Å². The largest absolute Gasteiger partial charge is 0.216 e. The number of hydrogen-bond donors (Lipinski definition) is 0. The Morgan fingerprint density at radius 3 is 2.43 bits per heavy atom. The zero-order valence-corrected chi connectivity index (χ0v) is 10.3. The van der Waals surface area contributed by atoms with E-state index in [0.29, 0.717) is 19.5 Å². The second kappa shape index (κ2) is 4.21. The van der Waals surface area contributed by atoms with E-state index in [9.17, 15) is 8.42 Å². The van der Waals surface area contributed by atoms with Gasteiger partial charge in [-0.05, 0) is 32.8 Å². The summed E-state index contributed by atoms with van der Waals surface area (Å²) in [6, 6.07) is 0. The number of rotatable bonds is 2. The molecule has 0 N–H and O–H groups in total. The predicted molar refractivity (Wildman–Crippen MR) is 58.8 cm³/mol. The standard InChI is InChI=1S/C9H16ClNO2S/c1-7(2)14(12,13)11-5-4-9(10)8(3)6-11/h7H,4-6H2,1-3H3. The molecular weight excluding hydrogens is 222 g/mol. The lowest BCUT2D eigenvalue weighted by atomic mass is 10.2. The summed E-state index contributed by atoms with van der Waals surface area (Å²) in [5.74, 6) is 0. The van der Waals surface area contributed by atoms with E-state index in [1.54, 1.807) is 13.8 Å². The second-order valence-corrected chi connectivity index (χ2v) is 6.81. The minimum Gasteiger partial charge on any atom is -0.212 e. The van der Waals surface area contributed by atoms with Crippen molar-refractivity contribution in [2.75, 3.05) is 13.1 Å². The SMILES string of the molecule is CC1=C(Cl)CCN(S(=O)(=O)C(C)C)C1. The minimum absolute atomic E-state index is 0.354. The summed E-state index contributed by atoms with van der Waals surface area (Å²) in [5, 5.41) is 0.451. The van der Waals surface area contributed by atoms with Crippen LogP contribution in [0.2, 0.25) is 0 Å².